The molecule has 0 saturated heterocycles. The molecule has 0 saturated carbocycles. The lowest BCUT2D eigenvalue weighted by atomic mass is 10.5. The Labute approximate surface area is 163 Å². The van der Waals surface area contributed by atoms with E-state index in [1.54, 1.807) is 0 Å². The first-order valence-electron chi connectivity index (χ1n) is 7.40. The van der Waals surface area contributed by atoms with Gasteiger partial charge >= 0.3 is 25.7 Å². The van der Waals surface area contributed by atoms with Crippen molar-refractivity contribution in [3.8, 4) is 0 Å². The number of alkyl halides is 4. The third-order valence-corrected chi connectivity index (χ3v) is 13.6. The Morgan fingerprint density at radius 2 is 0.826 bits per heavy atom. The van der Waals surface area contributed by atoms with Gasteiger partial charge in [-0.1, -0.05) is 0 Å². The minimum Gasteiger partial charge on any atom is -0.415 e. The highest BCUT2D eigenvalue weighted by Crippen LogP contribution is 2.24. The zero-order valence-electron chi connectivity index (χ0n) is 14.6. The number of hydrogen-bond donors (Lipinski definition) is 0. The quantitative estimate of drug-likeness (QED) is 0.307. The minimum atomic E-state index is -2.46. The van der Waals surface area contributed by atoms with Crippen LogP contribution in [-0.4, -0.2) is 61.4 Å². The van der Waals surface area contributed by atoms with Crippen LogP contribution in [0.3, 0.4) is 0 Å². The Morgan fingerprint density at radius 3 is 1.04 bits per heavy atom. The van der Waals surface area contributed by atoms with Crippen LogP contribution in [0, 0.1) is 0 Å². The third kappa shape index (κ3) is 11.1. The van der Waals surface area contributed by atoms with E-state index in [0.29, 0.717) is 23.5 Å². The van der Waals surface area contributed by atoms with Crippen molar-refractivity contribution in [2.75, 3.05) is 23.5 Å². The first kappa shape index (κ1) is 24.7. The molecule has 0 radical (unpaired) electrons. The summed E-state index contributed by atoms with van der Waals surface area (Å²) in [6, 6.07) is 0. The highest BCUT2D eigenvalue weighted by atomic mass is 35.5. The summed E-state index contributed by atoms with van der Waals surface area (Å²) in [5.41, 5.74) is 0. The normalized spacial score (nSPS) is 14.1. The van der Waals surface area contributed by atoms with Crippen LogP contribution in [0.5, 0.6) is 0 Å². The van der Waals surface area contributed by atoms with E-state index in [0.717, 1.165) is 0 Å². The molecule has 0 aliphatic carbocycles. The summed E-state index contributed by atoms with van der Waals surface area (Å²) in [6.07, 6.45) is -0.439. The van der Waals surface area contributed by atoms with Crippen molar-refractivity contribution in [3.63, 3.8) is 0 Å². The van der Waals surface area contributed by atoms with Crippen LogP contribution < -0.4 is 0 Å². The highest BCUT2D eigenvalue weighted by molar-refractivity contribution is 6.84. The summed E-state index contributed by atoms with van der Waals surface area (Å²) in [7, 11) is -7.29. The van der Waals surface area contributed by atoms with E-state index >= 15 is 0 Å². The maximum Gasteiger partial charge on any atom is 0.323 e. The molecule has 0 amide bonds. The average molecular weight is 462 g/mol. The molecule has 0 atom stereocenters. The zero-order chi connectivity index (χ0) is 18.3. The number of hydrogen-bond acceptors (Lipinski definition) is 4. The average Bonchev–Trinajstić information content (AvgIpc) is 2.39. The van der Waals surface area contributed by atoms with E-state index in [9.17, 15) is 0 Å². The van der Waals surface area contributed by atoms with E-state index in [4.69, 9.17) is 63.5 Å². The van der Waals surface area contributed by atoms with E-state index in [-0.39, 0.29) is 12.2 Å². The summed E-state index contributed by atoms with van der Waals surface area (Å²) in [5, 5.41) is 0. The second-order valence-electron chi connectivity index (χ2n) is 6.50. The molecule has 0 aromatic heterocycles. The molecule has 23 heavy (non-hydrogen) atoms. The van der Waals surface area contributed by atoms with Crippen molar-refractivity contribution in [2.24, 2.45) is 0 Å². The lowest BCUT2D eigenvalue weighted by molar-refractivity contribution is 0.162. The molecule has 0 aliphatic heterocycles. The maximum absolute atomic E-state index is 6.25. The highest BCUT2D eigenvalue weighted by Gasteiger charge is 2.43. The van der Waals surface area contributed by atoms with Gasteiger partial charge in [0.05, 0.1) is 12.2 Å². The van der Waals surface area contributed by atoms with Gasteiger partial charge in [-0.25, -0.2) is 0 Å². The van der Waals surface area contributed by atoms with E-state index < -0.39 is 25.7 Å². The lowest BCUT2D eigenvalue weighted by Crippen LogP contribution is -2.56. The van der Waals surface area contributed by atoms with Crippen molar-refractivity contribution < 1.29 is 17.1 Å². The predicted octanol–water partition coefficient (Wildman–Crippen LogP) is 4.85. The van der Waals surface area contributed by atoms with Gasteiger partial charge in [-0.2, -0.15) is 0 Å². The molecule has 0 bridgehead atoms. The van der Waals surface area contributed by atoms with Gasteiger partial charge in [-0.15, -0.1) is 46.4 Å². The van der Waals surface area contributed by atoms with Gasteiger partial charge in [0.15, 0.2) is 0 Å². The molecule has 0 aromatic carbocycles. The molecule has 4 nitrogen and oxygen atoms in total. The fourth-order valence-electron chi connectivity index (χ4n) is 2.26. The first-order chi connectivity index (χ1) is 10.4. The van der Waals surface area contributed by atoms with Crippen molar-refractivity contribution in [1.29, 1.82) is 0 Å². The van der Waals surface area contributed by atoms with Gasteiger partial charge in [0.2, 0.25) is 0 Å². The van der Waals surface area contributed by atoms with Crippen LogP contribution in [0.2, 0.25) is 39.3 Å². The van der Waals surface area contributed by atoms with Crippen LogP contribution in [0.15, 0.2) is 0 Å². The van der Waals surface area contributed by atoms with Gasteiger partial charge in [-0.05, 0) is 39.3 Å². The Morgan fingerprint density at radius 1 is 0.565 bits per heavy atom. The Hall–Kier alpha value is 1.65. The minimum absolute atomic E-state index is 0.219. The predicted molar refractivity (Wildman–Crippen MR) is 107 cm³/mol. The molecule has 0 rings (SSSR count). The fourth-order valence-corrected chi connectivity index (χ4v) is 15.9. The van der Waals surface area contributed by atoms with Gasteiger partial charge in [-0.3, -0.25) is 0 Å². The molecular weight excluding hydrogens is 434 g/mol. The Kier molecular flexibility index (Phi) is 11.5. The van der Waals surface area contributed by atoms with E-state index in [1.807, 2.05) is 39.3 Å². The number of rotatable bonds is 12. The zero-order valence-corrected chi connectivity index (χ0v) is 20.7. The standard InChI is InChI=1S/C12H28Cl4O4Si3/c1-21(2,17-11(7-13)8-14)19-23(5,6)20-22(3,4)18-12(9-15)10-16/h11-12H,7-10H2,1-6H3. The smallest absolute Gasteiger partial charge is 0.323 e. The maximum atomic E-state index is 6.25. The van der Waals surface area contributed by atoms with Crippen LogP contribution in [0.4, 0.5) is 0 Å². The molecule has 0 heterocycles. The molecular formula is C12H28Cl4O4Si3. The fraction of sp³-hybridized carbons (Fsp3) is 1.00. The van der Waals surface area contributed by atoms with Crippen molar-refractivity contribution in [3.05, 3.63) is 0 Å². The van der Waals surface area contributed by atoms with Crippen LogP contribution in [0.25, 0.3) is 0 Å². The molecule has 0 unspecified atom stereocenters. The van der Waals surface area contributed by atoms with Crippen LogP contribution >= 0.6 is 46.4 Å². The Balaban J connectivity index is 4.78. The number of halogens is 4. The van der Waals surface area contributed by atoms with Crippen molar-refractivity contribution in [1.82, 2.24) is 0 Å². The SMILES string of the molecule is C[Si](C)(OC(CCl)CCl)O[Si](C)(C)O[Si](C)(C)OC(CCl)CCl. The van der Waals surface area contributed by atoms with E-state index in [1.165, 1.54) is 0 Å². The van der Waals surface area contributed by atoms with Gasteiger partial charge in [0, 0.05) is 23.5 Å². The van der Waals surface area contributed by atoms with Crippen LogP contribution in [0.1, 0.15) is 0 Å². The molecule has 11 heteroatoms. The molecule has 0 fully saturated rings. The molecule has 0 aromatic rings. The second-order valence-corrected chi connectivity index (χ2v) is 18.2. The molecule has 0 spiro atoms. The monoisotopic (exact) mass is 460 g/mol. The topological polar surface area (TPSA) is 36.9 Å². The van der Waals surface area contributed by atoms with Gasteiger partial charge < -0.3 is 17.1 Å². The van der Waals surface area contributed by atoms with Crippen molar-refractivity contribution >= 4 is 72.1 Å². The third-order valence-electron chi connectivity index (χ3n) is 2.57. The summed E-state index contributed by atoms with van der Waals surface area (Å²) in [6.45, 7) is 11.8. The van der Waals surface area contributed by atoms with Crippen LogP contribution in [-0.2, 0) is 17.1 Å². The first-order valence-corrected chi connectivity index (χ1v) is 18.0. The second kappa shape index (κ2) is 10.7. The molecule has 0 aliphatic rings. The van der Waals surface area contributed by atoms with Crippen molar-refractivity contribution in [2.45, 2.75) is 51.5 Å². The summed E-state index contributed by atoms with van der Waals surface area (Å²) < 4.78 is 24.4. The van der Waals surface area contributed by atoms with Gasteiger partial charge in [0.25, 0.3) is 0 Å². The molecule has 0 N–H and O–H groups in total. The lowest BCUT2D eigenvalue weighted by Gasteiger charge is -2.39. The summed E-state index contributed by atoms with van der Waals surface area (Å²) in [4.78, 5) is 0. The summed E-state index contributed by atoms with van der Waals surface area (Å²) >= 11 is 23.4. The molecule has 140 valence electrons. The Bertz CT molecular complexity index is 310. The summed E-state index contributed by atoms with van der Waals surface area (Å²) in [5.74, 6) is 1.34. The van der Waals surface area contributed by atoms with E-state index in [2.05, 4.69) is 0 Å². The largest absolute Gasteiger partial charge is 0.415 e. The van der Waals surface area contributed by atoms with Gasteiger partial charge in [0.1, 0.15) is 0 Å².